The number of nitrogens with one attached hydrogen (secondary N) is 3. The molecule has 0 fully saturated rings. The summed E-state index contributed by atoms with van der Waals surface area (Å²) in [7, 11) is 0. The van der Waals surface area contributed by atoms with Crippen molar-refractivity contribution in [2.45, 2.75) is 46.6 Å². The summed E-state index contributed by atoms with van der Waals surface area (Å²) in [6.07, 6.45) is -3.64. The first kappa shape index (κ1) is 35.7. The minimum Gasteiger partial charge on any atom is -0.507 e. The molecule has 1 heterocycles. The van der Waals surface area contributed by atoms with E-state index in [2.05, 4.69) is 15.6 Å². The Morgan fingerprint density at radius 2 is 1.67 bits per heavy atom. The van der Waals surface area contributed by atoms with Crippen molar-refractivity contribution >= 4 is 34.9 Å². The van der Waals surface area contributed by atoms with Crippen molar-refractivity contribution < 1.29 is 37.4 Å². The van der Waals surface area contributed by atoms with Gasteiger partial charge in [-0.25, -0.2) is 14.2 Å². The third kappa shape index (κ3) is 9.91. The number of aliphatic carboxylic acids is 1. The van der Waals surface area contributed by atoms with Crippen LogP contribution in [0, 0.1) is 11.2 Å². The molecule has 0 aliphatic carbocycles. The molecule has 43 heavy (non-hydrogen) atoms. The lowest BCUT2D eigenvalue weighted by Gasteiger charge is -2.17. The van der Waals surface area contributed by atoms with Gasteiger partial charge in [0.15, 0.2) is 5.82 Å². The van der Waals surface area contributed by atoms with Crippen LogP contribution < -0.4 is 33.4 Å². The number of amides is 1. The van der Waals surface area contributed by atoms with E-state index in [4.69, 9.17) is 32.5 Å². The molecular formula is C26H32F4N8O5. The first-order valence-electron chi connectivity index (χ1n) is 11.9. The summed E-state index contributed by atoms with van der Waals surface area (Å²) in [4.78, 5) is 39.0. The number of carbonyl (C=O) groups excluding carboxylic acids is 1. The number of halogens is 4. The van der Waals surface area contributed by atoms with E-state index < -0.39 is 46.6 Å². The van der Waals surface area contributed by atoms with Gasteiger partial charge in [0.05, 0.1) is 17.5 Å². The van der Waals surface area contributed by atoms with Crippen LogP contribution >= 0.6 is 0 Å². The molecule has 3 aromatic rings. The quantitative estimate of drug-likeness (QED) is 0.0801. The van der Waals surface area contributed by atoms with E-state index in [1.165, 1.54) is 16.8 Å². The number of carboxylic acid groups (broad SMARTS) is 1. The molecule has 11 N–H and O–H groups in total. The zero-order valence-corrected chi connectivity index (χ0v) is 22.2. The summed E-state index contributed by atoms with van der Waals surface area (Å²) in [5.74, 6) is -5.26. The standard InChI is InChI=1S/C23H27FN8O3.C2HF3O2.CH4/c1-11(2)31-22-23(35)32(17(9-30-22)13-5-14(25)7-15(26)6-13)10-19(34)29-8-12-3-16(24)20(21(27)28)18(33)4-12;3-2(4,5)1(6)7;/h3-7,9,11,33H,8,10,25-26H2,1-2H3,(H3,27,28)(H,29,34)(H,30,31);(H,6,7);1H4. The largest absolute Gasteiger partial charge is 0.507 e. The molecule has 13 nitrogen and oxygen atoms in total. The fourth-order valence-electron chi connectivity index (χ4n) is 3.49. The van der Waals surface area contributed by atoms with Gasteiger partial charge in [-0.05, 0) is 49.7 Å². The molecule has 1 aromatic heterocycles. The van der Waals surface area contributed by atoms with Crippen LogP contribution in [0.3, 0.4) is 0 Å². The molecule has 0 saturated carbocycles. The highest BCUT2D eigenvalue weighted by Gasteiger charge is 2.38. The molecule has 0 saturated heterocycles. The fraction of sp³-hybridized carbons (Fsp3) is 0.269. The molecule has 3 rings (SSSR count). The van der Waals surface area contributed by atoms with Gasteiger partial charge < -0.3 is 38.0 Å². The van der Waals surface area contributed by atoms with Crippen LogP contribution in [0.15, 0.2) is 41.3 Å². The highest BCUT2D eigenvalue weighted by molar-refractivity contribution is 5.97. The van der Waals surface area contributed by atoms with Crippen molar-refractivity contribution in [3.05, 3.63) is 63.8 Å². The molecule has 0 atom stereocenters. The monoisotopic (exact) mass is 612 g/mol. The number of benzene rings is 2. The maximum Gasteiger partial charge on any atom is 0.490 e. The van der Waals surface area contributed by atoms with E-state index in [1.807, 2.05) is 13.8 Å². The van der Waals surface area contributed by atoms with Gasteiger partial charge in [0.2, 0.25) is 5.91 Å². The van der Waals surface area contributed by atoms with Crippen LogP contribution in [-0.4, -0.2) is 49.7 Å². The first-order valence-corrected chi connectivity index (χ1v) is 11.9. The van der Waals surface area contributed by atoms with E-state index in [-0.39, 0.29) is 37.9 Å². The summed E-state index contributed by atoms with van der Waals surface area (Å²) in [5, 5.41) is 29.9. The van der Waals surface area contributed by atoms with E-state index >= 15 is 0 Å². The molecule has 17 heteroatoms. The number of hydrogen-bond acceptors (Lipinski definition) is 9. The highest BCUT2D eigenvalue weighted by Crippen LogP contribution is 2.25. The van der Waals surface area contributed by atoms with Crippen LogP contribution in [0.4, 0.5) is 34.8 Å². The normalized spacial score (nSPS) is 10.7. The van der Waals surface area contributed by atoms with Crippen LogP contribution in [0.2, 0.25) is 0 Å². The number of carbonyl (C=O) groups is 2. The van der Waals surface area contributed by atoms with Crippen molar-refractivity contribution in [1.82, 2.24) is 14.9 Å². The number of hydrogen-bond donors (Lipinski definition) is 8. The number of nitrogen functional groups attached to an aromatic ring is 3. The molecule has 0 aliphatic heterocycles. The minimum absolute atomic E-state index is 0. The van der Waals surface area contributed by atoms with Crippen molar-refractivity contribution in [2.24, 2.45) is 5.73 Å². The minimum atomic E-state index is -5.08. The molecule has 0 bridgehead atoms. The number of phenolic OH excluding ortho intramolecular Hbond substituents is 1. The Morgan fingerprint density at radius 1 is 1.12 bits per heavy atom. The number of alkyl halides is 3. The Balaban J connectivity index is 0.00000103. The second-order valence-electron chi connectivity index (χ2n) is 9.04. The predicted molar refractivity (Wildman–Crippen MR) is 153 cm³/mol. The maximum absolute atomic E-state index is 14.2. The number of anilines is 3. The van der Waals surface area contributed by atoms with E-state index in [0.29, 0.717) is 22.6 Å². The summed E-state index contributed by atoms with van der Waals surface area (Å²) >= 11 is 0. The Morgan fingerprint density at radius 3 is 2.14 bits per heavy atom. The predicted octanol–water partition coefficient (Wildman–Crippen LogP) is 2.61. The third-order valence-electron chi connectivity index (χ3n) is 5.19. The van der Waals surface area contributed by atoms with Crippen LogP contribution in [-0.2, 0) is 22.7 Å². The fourth-order valence-corrected chi connectivity index (χ4v) is 3.49. The number of aromatic nitrogens is 2. The van der Waals surface area contributed by atoms with Crippen molar-refractivity contribution in [1.29, 1.82) is 5.41 Å². The molecule has 0 radical (unpaired) electrons. The lowest BCUT2D eigenvalue weighted by molar-refractivity contribution is -0.192. The van der Waals surface area contributed by atoms with Gasteiger partial charge in [0.25, 0.3) is 5.56 Å². The highest BCUT2D eigenvalue weighted by atomic mass is 19.4. The third-order valence-corrected chi connectivity index (χ3v) is 5.19. The number of aromatic hydroxyl groups is 1. The Hall–Kier alpha value is -5.35. The average Bonchev–Trinajstić information content (AvgIpc) is 2.83. The Bertz CT molecular complexity index is 1510. The van der Waals surface area contributed by atoms with Gasteiger partial charge in [-0.1, -0.05) is 7.43 Å². The van der Waals surface area contributed by atoms with E-state index in [1.54, 1.807) is 18.2 Å². The second-order valence-corrected chi connectivity index (χ2v) is 9.04. The lowest BCUT2D eigenvalue weighted by Crippen LogP contribution is -2.35. The van der Waals surface area contributed by atoms with Crippen molar-refractivity contribution in [3.63, 3.8) is 0 Å². The first-order chi connectivity index (χ1) is 19.4. The van der Waals surface area contributed by atoms with Crippen LogP contribution in [0.25, 0.3) is 11.3 Å². The molecular weight excluding hydrogens is 580 g/mol. The summed E-state index contributed by atoms with van der Waals surface area (Å²) in [5.41, 5.74) is 17.9. The molecule has 0 aliphatic rings. The van der Waals surface area contributed by atoms with Crippen LogP contribution in [0.1, 0.15) is 32.4 Å². The number of nitrogens with zero attached hydrogens (tertiary/aromatic N) is 2. The summed E-state index contributed by atoms with van der Waals surface area (Å²) < 4.78 is 47.1. The Kier molecular flexibility index (Phi) is 12.0. The van der Waals surface area contributed by atoms with Gasteiger partial charge >= 0.3 is 12.1 Å². The van der Waals surface area contributed by atoms with Gasteiger partial charge in [0, 0.05) is 29.5 Å². The maximum atomic E-state index is 14.2. The number of carboxylic acids is 1. The molecule has 0 unspecified atom stereocenters. The number of nitrogens with two attached hydrogens (primary N) is 3. The number of phenols is 1. The average molecular weight is 613 g/mol. The Labute approximate surface area is 242 Å². The topological polar surface area (TPSA) is 235 Å². The second kappa shape index (κ2) is 14.5. The molecule has 0 spiro atoms. The van der Waals surface area contributed by atoms with Crippen LogP contribution in [0.5, 0.6) is 5.75 Å². The van der Waals surface area contributed by atoms with Crippen molar-refractivity contribution in [3.8, 4) is 17.0 Å². The summed E-state index contributed by atoms with van der Waals surface area (Å²) in [6, 6.07) is 6.96. The van der Waals surface area contributed by atoms with Gasteiger partial charge in [-0.3, -0.25) is 19.6 Å². The lowest BCUT2D eigenvalue weighted by atomic mass is 10.1. The number of amidine groups is 1. The van der Waals surface area contributed by atoms with Gasteiger partial charge in [0.1, 0.15) is 23.9 Å². The van der Waals surface area contributed by atoms with E-state index in [9.17, 15) is 32.3 Å². The SMILES string of the molecule is C.CC(C)Nc1ncc(-c2cc(N)cc(N)c2)n(CC(=O)NCc2cc(O)c(C(=N)N)c(F)c2)c1=O.O=C(O)C(F)(F)F. The number of rotatable bonds is 8. The van der Waals surface area contributed by atoms with Gasteiger partial charge in [-0.2, -0.15) is 13.2 Å². The van der Waals surface area contributed by atoms with E-state index in [0.717, 1.165) is 6.07 Å². The summed E-state index contributed by atoms with van der Waals surface area (Å²) in [6.45, 7) is 3.17. The zero-order valence-electron chi connectivity index (χ0n) is 22.2. The van der Waals surface area contributed by atoms with Crippen molar-refractivity contribution in [2.75, 3.05) is 16.8 Å². The molecule has 1 amide bonds. The molecule has 234 valence electrons. The smallest absolute Gasteiger partial charge is 0.490 e. The van der Waals surface area contributed by atoms with Gasteiger partial charge in [-0.15, -0.1) is 0 Å². The zero-order chi connectivity index (χ0) is 31.9. The molecule has 2 aromatic carbocycles.